The number of amides is 2. The Hall–Kier alpha value is -2.89. The van der Waals surface area contributed by atoms with Crippen LogP contribution >= 0.6 is 0 Å². The predicted molar refractivity (Wildman–Crippen MR) is 138 cm³/mol. The SMILES string of the molecule is [C-]#[N+]C1CC2CC2N1C(=O)C(NC(=O)C(N)Cc1c[nH]c2ccccc12)C12CC3CC(CC(O)(C3)C1)C2. The molecule has 0 radical (unpaired) electrons. The van der Waals surface area contributed by atoms with Crippen LogP contribution in [0.3, 0.4) is 0 Å². The Bertz CT molecular complexity index is 1300. The van der Waals surface area contributed by atoms with Crippen molar-refractivity contribution >= 4 is 22.7 Å². The molecule has 2 heterocycles. The summed E-state index contributed by atoms with van der Waals surface area (Å²) in [5, 5.41) is 15.6. The number of rotatable bonds is 6. The van der Waals surface area contributed by atoms with E-state index < -0.39 is 29.3 Å². The molecule has 0 spiro atoms. The van der Waals surface area contributed by atoms with Gasteiger partial charge >= 0.3 is 6.17 Å². The van der Waals surface area contributed by atoms with Crippen LogP contribution in [-0.2, 0) is 16.0 Å². The van der Waals surface area contributed by atoms with Gasteiger partial charge in [-0.15, -0.1) is 0 Å². The molecule has 4 bridgehead atoms. The van der Waals surface area contributed by atoms with E-state index in [1.54, 1.807) is 4.90 Å². The van der Waals surface area contributed by atoms with E-state index in [-0.39, 0.29) is 17.9 Å². The number of aliphatic hydroxyl groups is 1. The maximum Gasteiger partial charge on any atom is 0.301 e. The number of nitrogens with two attached hydrogens (primary N) is 1. The van der Waals surface area contributed by atoms with E-state index >= 15 is 0 Å². The number of para-hydroxylation sites is 1. The first kappa shape index (κ1) is 23.2. The highest BCUT2D eigenvalue weighted by Gasteiger charge is 2.65. The fraction of sp³-hybridized carbons (Fsp3) is 0.621. The molecule has 1 aliphatic heterocycles. The van der Waals surface area contributed by atoms with Crippen LogP contribution < -0.4 is 11.1 Å². The molecule has 5 saturated carbocycles. The van der Waals surface area contributed by atoms with Crippen LogP contribution in [0.5, 0.6) is 0 Å². The van der Waals surface area contributed by atoms with Crippen LogP contribution in [-0.4, -0.2) is 56.7 Å². The van der Waals surface area contributed by atoms with Gasteiger partial charge in [0.15, 0.2) is 0 Å². The Labute approximate surface area is 216 Å². The summed E-state index contributed by atoms with van der Waals surface area (Å²) >= 11 is 0. The van der Waals surface area contributed by atoms with Crippen LogP contribution in [0.25, 0.3) is 15.7 Å². The van der Waals surface area contributed by atoms with Gasteiger partial charge in [-0.3, -0.25) is 19.3 Å². The molecule has 6 fully saturated rings. The van der Waals surface area contributed by atoms with Gasteiger partial charge in [0.1, 0.15) is 6.04 Å². The molecule has 1 aromatic carbocycles. The number of fused-ring (bicyclic) bond motifs is 2. The minimum absolute atomic E-state index is 0.114. The average molecular weight is 502 g/mol. The second-order valence-electron chi connectivity index (χ2n) is 12.8. The van der Waals surface area contributed by atoms with Crippen molar-refractivity contribution in [1.82, 2.24) is 15.2 Å². The number of nitrogens with zero attached hydrogens (tertiary/aromatic N) is 2. The molecule has 8 heteroatoms. The molecule has 2 aromatic rings. The highest BCUT2D eigenvalue weighted by atomic mass is 16.3. The minimum Gasteiger partial charge on any atom is -0.390 e. The number of benzene rings is 1. The summed E-state index contributed by atoms with van der Waals surface area (Å²) in [5.41, 5.74) is 7.19. The number of piperidine rings is 1. The first-order valence-corrected chi connectivity index (χ1v) is 13.8. The number of hydrogen-bond acceptors (Lipinski definition) is 4. The third-order valence-electron chi connectivity index (χ3n) is 10.2. The van der Waals surface area contributed by atoms with E-state index in [1.165, 1.54) is 0 Å². The largest absolute Gasteiger partial charge is 0.390 e. The van der Waals surface area contributed by atoms with Gasteiger partial charge in [-0.2, -0.15) is 0 Å². The van der Waals surface area contributed by atoms with Gasteiger partial charge in [0.25, 0.3) is 5.91 Å². The molecule has 5 aliphatic carbocycles. The van der Waals surface area contributed by atoms with E-state index in [0.29, 0.717) is 30.6 Å². The van der Waals surface area contributed by atoms with Crippen molar-refractivity contribution in [2.24, 2.45) is 28.9 Å². The lowest BCUT2D eigenvalue weighted by Crippen LogP contribution is -2.67. The Kier molecular flexibility index (Phi) is 5.06. The monoisotopic (exact) mass is 501 g/mol. The normalized spacial score (nSPS) is 38.7. The van der Waals surface area contributed by atoms with Crippen molar-refractivity contribution in [2.75, 3.05) is 0 Å². The number of hydrogen-bond donors (Lipinski definition) is 4. The number of aromatic nitrogens is 1. The highest BCUT2D eigenvalue weighted by Crippen LogP contribution is 2.63. The van der Waals surface area contributed by atoms with Gasteiger partial charge in [-0.05, 0) is 80.8 Å². The van der Waals surface area contributed by atoms with Gasteiger partial charge in [0.05, 0.1) is 11.6 Å². The molecule has 6 aliphatic rings. The average Bonchev–Trinajstić information content (AvgIpc) is 3.33. The number of likely N-dealkylation sites (tertiary alicyclic amines) is 1. The van der Waals surface area contributed by atoms with Crippen LogP contribution in [0, 0.1) is 29.7 Å². The topological polar surface area (TPSA) is 116 Å². The van der Waals surface area contributed by atoms with E-state index in [1.807, 2.05) is 30.5 Å². The molecule has 194 valence electrons. The summed E-state index contributed by atoms with van der Waals surface area (Å²) in [6.45, 7) is 7.69. The summed E-state index contributed by atoms with van der Waals surface area (Å²) in [6.07, 6.45) is 8.36. The lowest BCUT2D eigenvalue weighted by molar-refractivity contribution is -0.182. The van der Waals surface area contributed by atoms with Crippen molar-refractivity contribution in [2.45, 2.75) is 87.7 Å². The predicted octanol–water partition coefficient (Wildman–Crippen LogP) is 2.72. The smallest absolute Gasteiger partial charge is 0.301 e. The molecule has 2 amide bonds. The van der Waals surface area contributed by atoms with E-state index in [0.717, 1.165) is 61.4 Å². The number of nitrogens with one attached hydrogen (secondary N) is 2. The van der Waals surface area contributed by atoms with Gasteiger partial charge in [0.2, 0.25) is 5.91 Å². The molecular weight excluding hydrogens is 466 g/mol. The molecule has 1 aromatic heterocycles. The first-order valence-electron chi connectivity index (χ1n) is 13.8. The van der Waals surface area contributed by atoms with Crippen LogP contribution in [0.2, 0.25) is 0 Å². The standard InChI is InChI=1S/C29H35N5O3/c1-31-24-9-18-8-23(18)34(24)27(36)25(28-10-16-6-17(11-28)13-29(37,12-16)15-28)33-26(35)21(30)7-19-14-32-22-5-3-2-4-20(19)22/h2-5,14,16-18,21,23-25,32,37H,6-13,15,30H2,(H,33,35). The molecule has 5 N–H and O–H groups in total. The Morgan fingerprint density at radius 3 is 2.68 bits per heavy atom. The van der Waals surface area contributed by atoms with Gasteiger partial charge < -0.3 is 21.1 Å². The quantitative estimate of drug-likeness (QED) is 0.456. The van der Waals surface area contributed by atoms with Crippen molar-refractivity contribution < 1.29 is 14.7 Å². The third-order valence-corrected chi connectivity index (χ3v) is 10.2. The number of carbonyl (C=O) groups is 2. The van der Waals surface area contributed by atoms with Crippen molar-refractivity contribution in [3.63, 3.8) is 0 Å². The molecule has 1 saturated heterocycles. The van der Waals surface area contributed by atoms with Crippen LogP contribution in [0.1, 0.15) is 56.9 Å². The Morgan fingerprint density at radius 1 is 1.19 bits per heavy atom. The summed E-state index contributed by atoms with van der Waals surface area (Å²) in [4.78, 5) is 36.7. The number of carbonyl (C=O) groups excluding carboxylic acids is 2. The summed E-state index contributed by atoms with van der Waals surface area (Å²) in [7, 11) is 0. The second kappa shape index (κ2) is 8.05. The Morgan fingerprint density at radius 2 is 1.95 bits per heavy atom. The van der Waals surface area contributed by atoms with Crippen LogP contribution in [0.15, 0.2) is 30.5 Å². The summed E-state index contributed by atoms with van der Waals surface area (Å²) < 4.78 is 0. The van der Waals surface area contributed by atoms with E-state index in [2.05, 4.69) is 15.1 Å². The minimum atomic E-state index is -0.810. The lowest BCUT2D eigenvalue weighted by atomic mass is 9.46. The second-order valence-corrected chi connectivity index (χ2v) is 12.8. The zero-order valence-corrected chi connectivity index (χ0v) is 21.0. The Balaban J connectivity index is 1.18. The van der Waals surface area contributed by atoms with E-state index in [9.17, 15) is 14.7 Å². The fourth-order valence-electron chi connectivity index (χ4n) is 8.98. The first-order chi connectivity index (χ1) is 17.8. The molecule has 37 heavy (non-hydrogen) atoms. The van der Waals surface area contributed by atoms with Crippen molar-refractivity contribution in [1.29, 1.82) is 0 Å². The molecular formula is C29H35N5O3. The lowest BCUT2D eigenvalue weighted by Gasteiger charge is -2.62. The summed E-state index contributed by atoms with van der Waals surface area (Å²) in [6, 6.07) is 6.48. The van der Waals surface area contributed by atoms with Gasteiger partial charge in [-0.25, -0.2) is 6.57 Å². The number of H-pyrrole nitrogens is 1. The van der Waals surface area contributed by atoms with Gasteiger partial charge in [0, 0.05) is 35.0 Å². The zero-order valence-electron chi connectivity index (χ0n) is 21.0. The zero-order chi connectivity index (χ0) is 25.5. The maximum atomic E-state index is 14.3. The highest BCUT2D eigenvalue weighted by molar-refractivity contribution is 5.92. The molecule has 8 rings (SSSR count). The van der Waals surface area contributed by atoms with Gasteiger partial charge in [-0.1, -0.05) is 18.2 Å². The number of aromatic amines is 1. The molecule has 7 unspecified atom stereocenters. The van der Waals surface area contributed by atoms with Crippen molar-refractivity contribution in [3.05, 3.63) is 47.4 Å². The van der Waals surface area contributed by atoms with E-state index in [4.69, 9.17) is 12.3 Å². The van der Waals surface area contributed by atoms with Crippen molar-refractivity contribution in [3.8, 4) is 0 Å². The molecule has 8 nitrogen and oxygen atoms in total. The third kappa shape index (κ3) is 3.70. The molecule has 7 atom stereocenters. The fourth-order valence-corrected chi connectivity index (χ4v) is 8.98. The van der Waals surface area contributed by atoms with Crippen LogP contribution in [0.4, 0.5) is 0 Å². The summed E-state index contributed by atoms with van der Waals surface area (Å²) in [5.74, 6) is 0.690. The maximum absolute atomic E-state index is 14.3.